The van der Waals surface area contributed by atoms with E-state index in [2.05, 4.69) is 39.9 Å². The fourth-order valence-electron chi connectivity index (χ4n) is 5.93. The lowest BCUT2D eigenvalue weighted by molar-refractivity contribution is 0.0263. The van der Waals surface area contributed by atoms with Crippen molar-refractivity contribution in [3.8, 4) is 6.07 Å². The second-order valence-corrected chi connectivity index (χ2v) is 11.0. The lowest BCUT2D eigenvalue weighted by atomic mass is 9.69. The molecule has 0 radical (unpaired) electrons. The van der Waals surface area contributed by atoms with Crippen LogP contribution in [0.2, 0.25) is 0 Å². The first kappa shape index (κ1) is 25.6. The Hall–Kier alpha value is -3.64. The van der Waals surface area contributed by atoms with Crippen LogP contribution in [0.1, 0.15) is 81.7 Å². The summed E-state index contributed by atoms with van der Waals surface area (Å²) in [5.74, 6) is 0.684. The summed E-state index contributed by atoms with van der Waals surface area (Å²) in [6.45, 7) is 5.42. The maximum Gasteiger partial charge on any atom is 0.251 e. The molecule has 2 N–H and O–H groups in total. The Bertz CT molecular complexity index is 1410. The zero-order valence-electron chi connectivity index (χ0n) is 22.2. The molecule has 1 aliphatic carbocycles. The molecule has 2 aliphatic heterocycles. The number of rotatable bonds is 6. The Labute approximate surface area is 228 Å². The standard InChI is InChI=1S/C31H33N5O3/c1-31(18-32)19-38-17-22-5-4-21(14-27(22)31)30(37)36-15-25-13-20(6-8-34-25)23-11-24(12-23)29-26(3-2-7-35-29)28-16-33-9-10-39-28/h2-8,13-14,23-24,28,33H,9-12,15-17,19H2,1H3,(H,36,37). The number of morpholine rings is 1. The number of nitrogens with zero attached hydrogens (tertiary/aromatic N) is 3. The number of aromatic nitrogens is 2. The van der Waals surface area contributed by atoms with Crippen LogP contribution in [-0.2, 0) is 28.0 Å². The minimum Gasteiger partial charge on any atom is -0.375 e. The highest BCUT2D eigenvalue weighted by molar-refractivity contribution is 5.94. The largest absolute Gasteiger partial charge is 0.375 e. The van der Waals surface area contributed by atoms with Crippen molar-refractivity contribution in [1.29, 1.82) is 5.26 Å². The van der Waals surface area contributed by atoms with Crippen LogP contribution in [0, 0.1) is 11.3 Å². The molecule has 3 aromatic rings. The van der Waals surface area contributed by atoms with Crippen molar-refractivity contribution in [2.24, 2.45) is 0 Å². The van der Waals surface area contributed by atoms with Crippen LogP contribution in [0.15, 0.2) is 54.9 Å². The molecule has 3 aliphatic rings. The summed E-state index contributed by atoms with van der Waals surface area (Å²) < 4.78 is 11.6. The number of fused-ring (bicyclic) bond motifs is 1. The van der Waals surface area contributed by atoms with Crippen LogP contribution in [0.25, 0.3) is 0 Å². The van der Waals surface area contributed by atoms with Crippen molar-refractivity contribution in [2.45, 2.75) is 56.3 Å². The molecule has 6 rings (SSSR count). The summed E-state index contributed by atoms with van der Waals surface area (Å²) in [6, 6.07) is 16.2. The summed E-state index contributed by atoms with van der Waals surface area (Å²) in [4.78, 5) is 22.2. The third kappa shape index (κ3) is 5.18. The normalized spacial score (nSPS) is 26.1. The molecule has 1 amide bonds. The zero-order valence-corrected chi connectivity index (χ0v) is 22.2. The average molecular weight is 524 g/mol. The quantitative estimate of drug-likeness (QED) is 0.502. The van der Waals surface area contributed by atoms with Gasteiger partial charge in [-0.05, 0) is 72.7 Å². The molecular weight excluding hydrogens is 490 g/mol. The number of pyridine rings is 2. The molecule has 2 unspecified atom stereocenters. The monoisotopic (exact) mass is 523 g/mol. The number of carbonyl (C=O) groups excluding carboxylic acids is 1. The van der Waals surface area contributed by atoms with E-state index in [1.54, 1.807) is 6.07 Å². The number of nitrogens with one attached hydrogen (secondary N) is 2. The average Bonchev–Trinajstić information content (AvgIpc) is 2.96. The van der Waals surface area contributed by atoms with Gasteiger partial charge in [-0.25, -0.2) is 0 Å². The number of nitriles is 1. The lowest BCUT2D eigenvalue weighted by Crippen LogP contribution is -2.34. The van der Waals surface area contributed by atoms with Crippen molar-refractivity contribution in [3.05, 3.63) is 94.1 Å². The Morgan fingerprint density at radius 2 is 2.08 bits per heavy atom. The number of ether oxygens (including phenoxy) is 2. The molecule has 2 atom stereocenters. The SMILES string of the molecule is CC1(C#N)COCc2ccc(C(=O)NCc3cc(C4CC(c5ncccc5C5CNCCO5)C4)ccn3)cc21. The summed E-state index contributed by atoms with van der Waals surface area (Å²) in [5.41, 5.74) is 6.05. The van der Waals surface area contributed by atoms with Gasteiger partial charge >= 0.3 is 0 Å². The predicted octanol–water partition coefficient (Wildman–Crippen LogP) is 4.04. The van der Waals surface area contributed by atoms with Crippen LogP contribution >= 0.6 is 0 Å². The van der Waals surface area contributed by atoms with Crippen molar-refractivity contribution in [1.82, 2.24) is 20.6 Å². The fourth-order valence-corrected chi connectivity index (χ4v) is 5.93. The van der Waals surface area contributed by atoms with Crippen LogP contribution in [-0.4, -0.2) is 42.2 Å². The number of hydrogen-bond acceptors (Lipinski definition) is 7. The van der Waals surface area contributed by atoms with Gasteiger partial charge in [0.15, 0.2) is 0 Å². The first-order chi connectivity index (χ1) is 19.0. The van der Waals surface area contributed by atoms with Gasteiger partial charge in [-0.2, -0.15) is 5.26 Å². The molecular formula is C31H33N5O3. The van der Waals surface area contributed by atoms with Gasteiger partial charge in [0.2, 0.25) is 0 Å². The molecule has 0 spiro atoms. The number of amides is 1. The van der Waals surface area contributed by atoms with Gasteiger partial charge in [0.05, 0.1) is 44.2 Å². The van der Waals surface area contributed by atoms with Gasteiger partial charge in [0.25, 0.3) is 5.91 Å². The highest BCUT2D eigenvalue weighted by Gasteiger charge is 2.36. The molecule has 1 saturated heterocycles. The van der Waals surface area contributed by atoms with E-state index in [9.17, 15) is 10.1 Å². The molecule has 8 nitrogen and oxygen atoms in total. The number of hydrogen-bond donors (Lipinski definition) is 2. The number of carbonyl (C=O) groups is 1. The second-order valence-electron chi connectivity index (χ2n) is 11.0. The molecule has 2 fully saturated rings. The summed E-state index contributed by atoms with van der Waals surface area (Å²) in [7, 11) is 0. The van der Waals surface area contributed by atoms with E-state index in [0.29, 0.717) is 37.2 Å². The van der Waals surface area contributed by atoms with Crippen LogP contribution in [0.4, 0.5) is 0 Å². The highest BCUT2D eigenvalue weighted by atomic mass is 16.5. The maximum atomic E-state index is 13.0. The van der Waals surface area contributed by atoms with Crippen molar-refractivity contribution < 1.29 is 14.3 Å². The van der Waals surface area contributed by atoms with E-state index in [4.69, 9.17) is 14.5 Å². The van der Waals surface area contributed by atoms with Crippen molar-refractivity contribution >= 4 is 5.91 Å². The molecule has 2 aromatic heterocycles. The van der Waals surface area contributed by atoms with Crippen LogP contribution in [0.3, 0.4) is 0 Å². The first-order valence-electron chi connectivity index (χ1n) is 13.7. The van der Waals surface area contributed by atoms with E-state index in [-0.39, 0.29) is 12.0 Å². The highest BCUT2D eigenvalue weighted by Crippen LogP contribution is 2.48. The van der Waals surface area contributed by atoms with Crippen molar-refractivity contribution in [2.75, 3.05) is 26.3 Å². The zero-order chi connectivity index (χ0) is 26.8. The minimum absolute atomic E-state index is 0.0646. The smallest absolute Gasteiger partial charge is 0.251 e. The van der Waals surface area contributed by atoms with Gasteiger partial charge in [0.1, 0.15) is 5.41 Å². The minimum atomic E-state index is -0.753. The second kappa shape index (κ2) is 10.9. The molecule has 4 heterocycles. The van der Waals surface area contributed by atoms with Gasteiger partial charge in [-0.1, -0.05) is 12.1 Å². The summed E-state index contributed by atoms with van der Waals surface area (Å²) in [6.07, 6.45) is 5.85. The Morgan fingerprint density at radius 3 is 2.90 bits per heavy atom. The van der Waals surface area contributed by atoms with Crippen molar-refractivity contribution in [3.63, 3.8) is 0 Å². The summed E-state index contributed by atoms with van der Waals surface area (Å²) >= 11 is 0. The molecule has 8 heteroatoms. The van der Waals surface area contributed by atoms with E-state index < -0.39 is 5.41 Å². The van der Waals surface area contributed by atoms with Gasteiger partial charge in [-0.15, -0.1) is 0 Å². The molecule has 1 saturated carbocycles. The van der Waals surface area contributed by atoms with Crippen LogP contribution in [0.5, 0.6) is 0 Å². The topological polar surface area (TPSA) is 109 Å². The van der Waals surface area contributed by atoms with E-state index in [0.717, 1.165) is 55.1 Å². The first-order valence-corrected chi connectivity index (χ1v) is 13.7. The van der Waals surface area contributed by atoms with Gasteiger partial charge < -0.3 is 20.1 Å². The third-order valence-electron chi connectivity index (χ3n) is 8.27. The maximum absolute atomic E-state index is 13.0. The molecule has 1 aromatic carbocycles. The Morgan fingerprint density at radius 1 is 1.18 bits per heavy atom. The van der Waals surface area contributed by atoms with E-state index >= 15 is 0 Å². The Balaban J connectivity index is 1.09. The lowest BCUT2D eigenvalue weighted by Gasteiger charge is -2.37. The molecule has 200 valence electrons. The summed E-state index contributed by atoms with van der Waals surface area (Å²) in [5, 5.41) is 16.1. The predicted molar refractivity (Wildman–Crippen MR) is 145 cm³/mol. The number of benzene rings is 1. The van der Waals surface area contributed by atoms with E-state index in [1.807, 2.05) is 37.5 Å². The van der Waals surface area contributed by atoms with Gasteiger partial charge in [-0.3, -0.25) is 14.8 Å². The Kier molecular flexibility index (Phi) is 7.13. The molecule has 0 bridgehead atoms. The fraction of sp³-hybridized carbons (Fsp3) is 0.419. The van der Waals surface area contributed by atoms with Crippen LogP contribution < -0.4 is 10.6 Å². The van der Waals surface area contributed by atoms with Gasteiger partial charge in [0, 0.05) is 48.2 Å². The third-order valence-corrected chi connectivity index (χ3v) is 8.27. The molecule has 39 heavy (non-hydrogen) atoms. The van der Waals surface area contributed by atoms with E-state index in [1.165, 1.54) is 11.1 Å².